The van der Waals surface area contributed by atoms with E-state index in [2.05, 4.69) is 31.1 Å². The molecule has 0 heterocycles. The predicted molar refractivity (Wildman–Crippen MR) is 110 cm³/mol. The van der Waals surface area contributed by atoms with Gasteiger partial charge in [0.1, 0.15) is 5.82 Å². The van der Waals surface area contributed by atoms with E-state index in [1.807, 2.05) is 18.2 Å². The topological polar surface area (TPSA) is 23.5 Å². The first kappa shape index (κ1) is 20.3. The molecule has 0 radical (unpaired) electrons. The molecule has 146 valence electrons. The van der Waals surface area contributed by atoms with E-state index in [1.165, 1.54) is 11.6 Å². The summed E-state index contributed by atoms with van der Waals surface area (Å²) in [4.78, 5) is 2.20. The number of hydrogen-bond donors (Lipinski definition) is 1. The Morgan fingerprint density at radius 2 is 1.81 bits per heavy atom. The Bertz CT molecular complexity index is 746. The van der Waals surface area contributed by atoms with Crippen molar-refractivity contribution in [1.82, 2.24) is 4.90 Å². The van der Waals surface area contributed by atoms with Gasteiger partial charge in [0.25, 0.3) is 0 Å². The van der Waals surface area contributed by atoms with Crippen molar-refractivity contribution in [2.45, 2.75) is 38.2 Å². The van der Waals surface area contributed by atoms with Crippen molar-refractivity contribution in [3.63, 3.8) is 0 Å². The average molecular weight is 390 g/mol. The Hall–Kier alpha value is -1.42. The molecule has 1 aliphatic carbocycles. The number of rotatable bonds is 6. The molecule has 1 aliphatic rings. The normalized spacial score (nSPS) is 25.7. The van der Waals surface area contributed by atoms with E-state index in [9.17, 15) is 9.50 Å². The summed E-state index contributed by atoms with van der Waals surface area (Å²) in [6.07, 6.45) is 4.00. The fourth-order valence-corrected chi connectivity index (χ4v) is 4.78. The minimum absolute atomic E-state index is 0.00881. The molecule has 1 fully saturated rings. The van der Waals surface area contributed by atoms with Crippen molar-refractivity contribution >= 4 is 11.6 Å². The van der Waals surface area contributed by atoms with Gasteiger partial charge in [-0.3, -0.25) is 0 Å². The molecule has 4 heteroatoms. The van der Waals surface area contributed by atoms with Crippen LogP contribution in [0.5, 0.6) is 0 Å². The molecular formula is C23H29ClFNO. The summed E-state index contributed by atoms with van der Waals surface area (Å²) in [5.74, 6) is 0.157. The largest absolute Gasteiger partial charge is 0.393 e. The summed E-state index contributed by atoms with van der Waals surface area (Å²) < 4.78 is 13.8. The molecule has 0 aromatic heterocycles. The molecule has 2 aromatic rings. The zero-order valence-electron chi connectivity index (χ0n) is 16.2. The van der Waals surface area contributed by atoms with Gasteiger partial charge in [-0.15, -0.1) is 0 Å². The number of aliphatic hydroxyl groups is 1. The summed E-state index contributed by atoms with van der Waals surface area (Å²) in [7, 11) is 4.16. The van der Waals surface area contributed by atoms with Crippen molar-refractivity contribution < 1.29 is 9.50 Å². The third-order valence-corrected chi connectivity index (χ3v) is 6.15. The van der Waals surface area contributed by atoms with Gasteiger partial charge in [0.2, 0.25) is 0 Å². The fraction of sp³-hybridized carbons (Fsp3) is 0.478. The lowest BCUT2D eigenvalue weighted by Gasteiger charge is -2.47. The van der Waals surface area contributed by atoms with Crippen molar-refractivity contribution in [3.8, 4) is 0 Å². The molecule has 0 spiro atoms. The molecule has 27 heavy (non-hydrogen) atoms. The number of halogens is 2. The van der Waals surface area contributed by atoms with E-state index in [0.717, 1.165) is 49.2 Å². The van der Waals surface area contributed by atoms with Crippen LogP contribution in [0.15, 0.2) is 48.5 Å². The van der Waals surface area contributed by atoms with Crippen molar-refractivity contribution in [1.29, 1.82) is 0 Å². The number of aliphatic hydroxyl groups excluding tert-OH is 1. The molecule has 0 saturated heterocycles. The van der Waals surface area contributed by atoms with E-state index in [4.69, 9.17) is 11.6 Å². The quantitative estimate of drug-likeness (QED) is 0.753. The Morgan fingerprint density at radius 3 is 2.48 bits per heavy atom. The minimum atomic E-state index is -0.249. The van der Waals surface area contributed by atoms with E-state index in [1.54, 1.807) is 12.1 Å². The molecule has 0 bridgehead atoms. The molecule has 3 rings (SSSR count). The molecule has 0 amide bonds. The van der Waals surface area contributed by atoms with Gasteiger partial charge in [-0.25, -0.2) is 4.39 Å². The summed E-state index contributed by atoms with van der Waals surface area (Å²) in [6.45, 7) is 0.917. The Labute approximate surface area is 167 Å². The third kappa shape index (κ3) is 5.31. The first-order valence-electron chi connectivity index (χ1n) is 9.68. The zero-order chi connectivity index (χ0) is 19.4. The van der Waals surface area contributed by atoms with E-state index >= 15 is 0 Å². The monoisotopic (exact) mass is 389 g/mol. The van der Waals surface area contributed by atoms with Crippen LogP contribution in [0.4, 0.5) is 4.39 Å². The highest BCUT2D eigenvalue weighted by Crippen LogP contribution is 2.47. The van der Waals surface area contributed by atoms with Gasteiger partial charge in [-0.1, -0.05) is 35.9 Å². The standard InChI is InChI=1S/C23H29ClFNO/c1-26(2)16-19-13-22(27)10-11-23(19,14-17-6-8-20(24)9-7-17)15-18-4-3-5-21(25)12-18/h3-9,12,19,22,27H,10-11,13-16H2,1-2H3. The Balaban J connectivity index is 1.96. The van der Waals surface area contributed by atoms with E-state index in [0.29, 0.717) is 5.92 Å². The van der Waals surface area contributed by atoms with Crippen LogP contribution in [-0.4, -0.2) is 36.8 Å². The van der Waals surface area contributed by atoms with Crippen LogP contribution in [0.2, 0.25) is 5.02 Å². The Kier molecular flexibility index (Phi) is 6.56. The van der Waals surface area contributed by atoms with Crippen LogP contribution in [0.3, 0.4) is 0 Å². The summed E-state index contributed by atoms with van der Waals surface area (Å²) >= 11 is 6.07. The summed E-state index contributed by atoms with van der Waals surface area (Å²) in [6, 6.07) is 15.0. The predicted octanol–water partition coefficient (Wildman–Crippen LogP) is 4.97. The summed E-state index contributed by atoms with van der Waals surface area (Å²) in [5, 5.41) is 11.1. The highest BCUT2D eigenvalue weighted by molar-refractivity contribution is 6.30. The maximum Gasteiger partial charge on any atom is 0.123 e. The van der Waals surface area contributed by atoms with Crippen molar-refractivity contribution in [2.75, 3.05) is 20.6 Å². The first-order chi connectivity index (χ1) is 12.9. The molecule has 2 aromatic carbocycles. The van der Waals surface area contributed by atoms with Crippen LogP contribution in [0, 0.1) is 17.2 Å². The lowest BCUT2D eigenvalue weighted by molar-refractivity contribution is -0.00346. The molecule has 0 aliphatic heterocycles. The maximum absolute atomic E-state index is 13.8. The van der Waals surface area contributed by atoms with Gasteiger partial charge >= 0.3 is 0 Å². The molecule has 3 atom stereocenters. The highest BCUT2D eigenvalue weighted by Gasteiger charge is 2.43. The van der Waals surface area contributed by atoms with Crippen LogP contribution in [0.1, 0.15) is 30.4 Å². The minimum Gasteiger partial charge on any atom is -0.393 e. The van der Waals surface area contributed by atoms with Crippen LogP contribution in [0.25, 0.3) is 0 Å². The van der Waals surface area contributed by atoms with Crippen LogP contribution >= 0.6 is 11.6 Å². The Morgan fingerprint density at radius 1 is 1.11 bits per heavy atom. The van der Waals surface area contributed by atoms with Crippen LogP contribution < -0.4 is 0 Å². The van der Waals surface area contributed by atoms with E-state index in [-0.39, 0.29) is 17.3 Å². The number of nitrogens with zero attached hydrogens (tertiary/aromatic N) is 1. The second-order valence-electron chi connectivity index (χ2n) is 8.36. The van der Waals surface area contributed by atoms with Gasteiger partial charge in [0, 0.05) is 11.6 Å². The molecule has 3 unspecified atom stereocenters. The molecule has 1 saturated carbocycles. The van der Waals surface area contributed by atoms with Crippen molar-refractivity contribution in [3.05, 3.63) is 70.5 Å². The number of hydrogen-bond acceptors (Lipinski definition) is 2. The fourth-order valence-electron chi connectivity index (χ4n) is 4.65. The SMILES string of the molecule is CN(C)CC1CC(O)CCC1(Cc1ccc(Cl)cc1)Cc1cccc(F)c1. The van der Waals surface area contributed by atoms with E-state index < -0.39 is 0 Å². The molecule has 2 nitrogen and oxygen atoms in total. The van der Waals surface area contributed by atoms with Gasteiger partial charge in [0.15, 0.2) is 0 Å². The lowest BCUT2D eigenvalue weighted by Crippen LogP contribution is -2.46. The van der Waals surface area contributed by atoms with Crippen molar-refractivity contribution in [2.24, 2.45) is 11.3 Å². The number of benzene rings is 2. The maximum atomic E-state index is 13.8. The lowest BCUT2D eigenvalue weighted by atomic mass is 9.60. The third-order valence-electron chi connectivity index (χ3n) is 5.90. The smallest absolute Gasteiger partial charge is 0.123 e. The average Bonchev–Trinajstić information content (AvgIpc) is 2.60. The summed E-state index contributed by atoms with van der Waals surface area (Å²) in [5.41, 5.74) is 2.27. The van der Waals surface area contributed by atoms with Gasteiger partial charge in [-0.05, 0) is 92.9 Å². The van der Waals surface area contributed by atoms with Gasteiger partial charge in [-0.2, -0.15) is 0 Å². The second kappa shape index (κ2) is 8.72. The van der Waals surface area contributed by atoms with Gasteiger partial charge in [0.05, 0.1) is 6.10 Å². The highest BCUT2D eigenvalue weighted by atomic mass is 35.5. The molecular weight excluding hydrogens is 361 g/mol. The zero-order valence-corrected chi connectivity index (χ0v) is 16.9. The first-order valence-corrected chi connectivity index (χ1v) is 10.1. The van der Waals surface area contributed by atoms with Crippen LogP contribution in [-0.2, 0) is 12.8 Å². The van der Waals surface area contributed by atoms with Gasteiger partial charge < -0.3 is 10.0 Å². The molecule has 1 N–H and O–H groups in total. The second-order valence-corrected chi connectivity index (χ2v) is 8.80.